The molecule has 0 heterocycles. The highest BCUT2D eigenvalue weighted by Crippen LogP contribution is 2.15. The molecule has 0 aliphatic rings. The third-order valence-corrected chi connectivity index (χ3v) is 5.37. The molecule has 0 aromatic heterocycles. The Balaban J connectivity index is 1.69. The summed E-state index contributed by atoms with van der Waals surface area (Å²) >= 11 is 0. The second kappa shape index (κ2) is 13.0. The van der Waals surface area contributed by atoms with Gasteiger partial charge in [-0.1, -0.05) is 72.8 Å². The van der Waals surface area contributed by atoms with Crippen molar-refractivity contribution in [2.45, 2.75) is 31.9 Å². The van der Waals surface area contributed by atoms with E-state index in [0.717, 1.165) is 16.7 Å². The van der Waals surface area contributed by atoms with Gasteiger partial charge in [0.2, 0.25) is 5.91 Å². The van der Waals surface area contributed by atoms with Gasteiger partial charge in [0.05, 0.1) is 19.8 Å². The molecule has 34 heavy (non-hydrogen) atoms. The molecule has 0 unspecified atom stereocenters. The molecule has 0 saturated heterocycles. The molecule has 0 fully saturated rings. The Morgan fingerprint density at radius 3 is 2.09 bits per heavy atom. The first kappa shape index (κ1) is 24.8. The molecule has 0 aliphatic heterocycles. The molecule has 0 spiro atoms. The minimum absolute atomic E-state index is 0.0704. The van der Waals surface area contributed by atoms with E-state index in [-0.39, 0.29) is 25.5 Å². The summed E-state index contributed by atoms with van der Waals surface area (Å²) < 4.78 is 10.5. The zero-order chi connectivity index (χ0) is 24.2. The maximum atomic E-state index is 13.1. The molecule has 2 amide bonds. The molecule has 0 aliphatic carbocycles. The predicted octanol–water partition coefficient (Wildman–Crippen LogP) is 3.90. The Hall–Kier alpha value is -3.84. The zero-order valence-corrected chi connectivity index (χ0v) is 19.2. The van der Waals surface area contributed by atoms with E-state index in [1.54, 1.807) is 7.11 Å². The largest absolute Gasteiger partial charge is 0.497 e. The highest BCUT2D eigenvalue weighted by atomic mass is 16.6. The summed E-state index contributed by atoms with van der Waals surface area (Å²) in [6.07, 6.45) is 0.265. The van der Waals surface area contributed by atoms with Gasteiger partial charge in [-0.3, -0.25) is 4.79 Å². The number of carbonyl (C=O) groups excluding carboxylic acids is 2. The van der Waals surface area contributed by atoms with Crippen LogP contribution in [-0.2, 0) is 29.0 Å². The first-order valence-electron chi connectivity index (χ1n) is 11.2. The Kier molecular flexibility index (Phi) is 9.49. The summed E-state index contributed by atoms with van der Waals surface area (Å²) in [5, 5.41) is 11.3. The van der Waals surface area contributed by atoms with Crippen LogP contribution in [0.5, 0.6) is 5.75 Å². The lowest BCUT2D eigenvalue weighted by Gasteiger charge is -2.30. The number of hydrogen-bond acceptors (Lipinski definition) is 5. The van der Waals surface area contributed by atoms with Crippen molar-refractivity contribution < 1.29 is 24.2 Å². The number of aliphatic hydroxyl groups excluding tert-OH is 1. The van der Waals surface area contributed by atoms with Crippen molar-refractivity contribution in [1.29, 1.82) is 0 Å². The van der Waals surface area contributed by atoms with Crippen LogP contribution < -0.4 is 10.2 Å². The summed E-state index contributed by atoms with van der Waals surface area (Å²) in [6.45, 7) is -0.261. The highest BCUT2D eigenvalue weighted by Gasteiger charge is 2.26. The molecule has 0 radical (unpaired) electrons. The number of methoxy groups -OCH3 is 1. The van der Waals surface area contributed by atoms with E-state index in [0.29, 0.717) is 18.6 Å². The number of nitrogens with one attached hydrogen (secondary N) is 1. The van der Waals surface area contributed by atoms with Crippen molar-refractivity contribution >= 4 is 12.0 Å². The predicted molar refractivity (Wildman–Crippen MR) is 129 cm³/mol. The maximum absolute atomic E-state index is 13.1. The van der Waals surface area contributed by atoms with Gasteiger partial charge in [0.25, 0.3) is 0 Å². The topological polar surface area (TPSA) is 88.1 Å². The molecule has 7 heteroatoms. The second-order valence-electron chi connectivity index (χ2n) is 7.81. The van der Waals surface area contributed by atoms with Gasteiger partial charge in [0.15, 0.2) is 0 Å². The van der Waals surface area contributed by atoms with E-state index < -0.39 is 12.1 Å². The number of nitrogens with zero attached hydrogens (tertiary/aromatic N) is 1. The fraction of sp³-hybridized carbons (Fsp3) is 0.259. The molecule has 2 N–H and O–H groups in total. The van der Waals surface area contributed by atoms with Gasteiger partial charge < -0.3 is 14.6 Å². The first-order chi connectivity index (χ1) is 16.6. The Morgan fingerprint density at radius 2 is 1.50 bits per heavy atom. The van der Waals surface area contributed by atoms with Gasteiger partial charge >= 0.3 is 6.09 Å². The van der Waals surface area contributed by atoms with Crippen LogP contribution in [0.2, 0.25) is 0 Å². The molecular formula is C27H30N2O5. The van der Waals surface area contributed by atoms with E-state index in [9.17, 15) is 14.7 Å². The molecule has 0 bridgehead atoms. The molecular weight excluding hydrogens is 432 g/mol. The zero-order valence-electron chi connectivity index (χ0n) is 19.2. The lowest BCUT2D eigenvalue weighted by atomic mass is 10.0. The lowest BCUT2D eigenvalue weighted by Crippen LogP contribution is -2.54. The minimum atomic E-state index is -0.759. The number of amides is 2. The summed E-state index contributed by atoms with van der Waals surface area (Å²) in [5.74, 6) is 0.399. The fourth-order valence-corrected chi connectivity index (χ4v) is 3.50. The van der Waals surface area contributed by atoms with Gasteiger partial charge in [0, 0.05) is 6.42 Å². The van der Waals surface area contributed by atoms with Crippen LogP contribution in [0.3, 0.4) is 0 Å². The lowest BCUT2D eigenvalue weighted by molar-refractivity contribution is -0.138. The number of benzene rings is 3. The van der Waals surface area contributed by atoms with Crippen molar-refractivity contribution in [1.82, 2.24) is 10.4 Å². The molecule has 3 aromatic carbocycles. The maximum Gasteiger partial charge on any atom is 0.426 e. The molecule has 3 aromatic rings. The number of aliphatic hydroxyl groups is 1. The van der Waals surface area contributed by atoms with Crippen LogP contribution in [0.1, 0.15) is 23.1 Å². The number of hydrazine groups is 1. The normalized spacial score (nSPS) is 11.4. The number of rotatable bonds is 10. The first-order valence-corrected chi connectivity index (χ1v) is 11.2. The van der Waals surface area contributed by atoms with Crippen molar-refractivity contribution in [2.24, 2.45) is 0 Å². The number of carbonyl (C=O) groups is 2. The monoisotopic (exact) mass is 462 g/mol. The van der Waals surface area contributed by atoms with Crippen LogP contribution in [-0.4, -0.2) is 41.9 Å². The molecule has 3 rings (SSSR count). The molecule has 178 valence electrons. The van der Waals surface area contributed by atoms with Crippen LogP contribution in [0.25, 0.3) is 0 Å². The third-order valence-electron chi connectivity index (χ3n) is 5.37. The number of hydrogen-bond donors (Lipinski definition) is 2. The van der Waals surface area contributed by atoms with Gasteiger partial charge in [-0.15, -0.1) is 0 Å². The van der Waals surface area contributed by atoms with E-state index in [1.807, 2.05) is 84.9 Å². The fourth-order valence-electron chi connectivity index (χ4n) is 3.50. The van der Waals surface area contributed by atoms with Crippen molar-refractivity contribution in [3.05, 3.63) is 102 Å². The van der Waals surface area contributed by atoms with E-state index in [1.165, 1.54) is 5.01 Å². The van der Waals surface area contributed by atoms with Crippen molar-refractivity contribution in [3.63, 3.8) is 0 Å². The highest BCUT2D eigenvalue weighted by molar-refractivity contribution is 5.80. The van der Waals surface area contributed by atoms with Crippen molar-refractivity contribution in [2.75, 3.05) is 13.7 Å². The number of ether oxygens (including phenoxy) is 2. The van der Waals surface area contributed by atoms with Crippen LogP contribution >= 0.6 is 0 Å². The van der Waals surface area contributed by atoms with Crippen LogP contribution in [0, 0.1) is 0 Å². The van der Waals surface area contributed by atoms with E-state index in [2.05, 4.69) is 5.43 Å². The standard InChI is InChI=1S/C27H30N2O5/c1-33-25-15-12-22(13-16-25)18-24(19-30)29(26(31)17-14-21-8-4-2-5-9-21)28-27(32)34-20-23-10-6-3-7-11-23/h2-13,15-16,24,30H,14,17-20H2,1H3,(H,28,32)/t24-/m0/s1. The minimum Gasteiger partial charge on any atom is -0.497 e. The van der Waals surface area contributed by atoms with Crippen molar-refractivity contribution in [3.8, 4) is 5.75 Å². The average molecular weight is 463 g/mol. The van der Waals surface area contributed by atoms with E-state index in [4.69, 9.17) is 9.47 Å². The average Bonchev–Trinajstić information content (AvgIpc) is 2.89. The van der Waals surface area contributed by atoms with Crippen LogP contribution in [0.15, 0.2) is 84.9 Å². The smallest absolute Gasteiger partial charge is 0.426 e. The Labute approximate surface area is 199 Å². The molecule has 1 atom stereocenters. The second-order valence-corrected chi connectivity index (χ2v) is 7.81. The molecule has 0 saturated carbocycles. The van der Waals surface area contributed by atoms with Gasteiger partial charge in [-0.2, -0.15) is 0 Å². The van der Waals surface area contributed by atoms with Gasteiger partial charge in [-0.05, 0) is 41.7 Å². The summed E-state index contributed by atoms with van der Waals surface area (Å²) in [7, 11) is 1.59. The number of aryl methyl sites for hydroxylation is 1. The third kappa shape index (κ3) is 7.64. The Bertz CT molecular complexity index is 1030. The summed E-state index contributed by atoms with van der Waals surface area (Å²) in [6, 6.07) is 25.6. The summed E-state index contributed by atoms with van der Waals surface area (Å²) in [5.41, 5.74) is 5.29. The van der Waals surface area contributed by atoms with Crippen LogP contribution in [0.4, 0.5) is 4.79 Å². The van der Waals surface area contributed by atoms with Gasteiger partial charge in [-0.25, -0.2) is 15.2 Å². The van der Waals surface area contributed by atoms with E-state index >= 15 is 0 Å². The Morgan fingerprint density at radius 1 is 0.882 bits per heavy atom. The molecule has 7 nitrogen and oxygen atoms in total. The summed E-state index contributed by atoms with van der Waals surface area (Å²) in [4.78, 5) is 25.7. The quantitative estimate of drug-likeness (QED) is 0.446. The SMILES string of the molecule is COc1ccc(C[C@@H](CO)N(NC(=O)OCc2ccccc2)C(=O)CCc2ccccc2)cc1. The van der Waals surface area contributed by atoms with Gasteiger partial charge in [0.1, 0.15) is 12.4 Å².